The molecule has 1 aromatic heterocycles. The molecule has 9 heteroatoms. The number of rotatable bonds is 14. The van der Waals surface area contributed by atoms with Gasteiger partial charge in [0.1, 0.15) is 17.3 Å². The number of carbonyl (C=O) groups excluding carboxylic acids is 3. The summed E-state index contributed by atoms with van der Waals surface area (Å²) in [5, 5.41) is 0. The summed E-state index contributed by atoms with van der Waals surface area (Å²) < 4.78 is 17.5. The minimum atomic E-state index is -0.663. The number of nitrogens with zero attached hydrogens (tertiary/aromatic N) is 3. The number of benzene rings is 2. The number of hydrogen-bond acceptors (Lipinski definition) is 7. The summed E-state index contributed by atoms with van der Waals surface area (Å²) in [5.74, 6) is -0.648. The third-order valence-corrected chi connectivity index (χ3v) is 6.24. The minimum Gasteiger partial charge on any atom is -0.465 e. The predicted octanol–water partition coefficient (Wildman–Crippen LogP) is 5.24. The van der Waals surface area contributed by atoms with E-state index in [4.69, 9.17) is 19.2 Å². The lowest BCUT2D eigenvalue weighted by Crippen LogP contribution is -2.33. The zero-order valence-corrected chi connectivity index (χ0v) is 23.1. The molecule has 9 nitrogen and oxygen atoms in total. The molecule has 0 aliphatic rings. The molecule has 0 unspecified atom stereocenters. The Kier molecular flexibility index (Phi) is 11.2. The van der Waals surface area contributed by atoms with Crippen LogP contribution in [0, 0.1) is 0 Å². The summed E-state index contributed by atoms with van der Waals surface area (Å²) in [4.78, 5) is 45.7. The highest BCUT2D eigenvalue weighted by atomic mass is 16.5. The molecule has 3 rings (SSSR count). The fourth-order valence-electron chi connectivity index (χ4n) is 4.07. The topological polar surface area (TPSA) is 100.0 Å². The lowest BCUT2D eigenvalue weighted by Gasteiger charge is -2.21. The van der Waals surface area contributed by atoms with Gasteiger partial charge in [-0.1, -0.05) is 44.9 Å². The number of hydrogen-bond donors (Lipinski definition) is 0. The smallest absolute Gasteiger partial charge is 0.344 e. The summed E-state index contributed by atoms with van der Waals surface area (Å²) in [6.45, 7) is 6.26. The van der Waals surface area contributed by atoms with Gasteiger partial charge in [0.25, 0.3) is 5.91 Å². The fraction of sp³-hybridized carbons (Fsp3) is 0.400. The molecule has 1 amide bonds. The minimum absolute atomic E-state index is 0.124. The highest BCUT2D eigenvalue weighted by molar-refractivity contribution is 6.01. The average Bonchev–Trinajstić information content (AvgIpc) is 3.39. The Morgan fingerprint density at radius 2 is 1.62 bits per heavy atom. The van der Waals surface area contributed by atoms with Crippen molar-refractivity contribution in [1.82, 2.24) is 14.5 Å². The van der Waals surface area contributed by atoms with Crippen LogP contribution in [0.3, 0.4) is 0 Å². The first-order valence-electron chi connectivity index (χ1n) is 13.3. The fourth-order valence-corrected chi connectivity index (χ4v) is 4.07. The van der Waals surface area contributed by atoms with Gasteiger partial charge in [-0.15, -0.1) is 0 Å². The summed E-state index contributed by atoms with van der Waals surface area (Å²) in [6.07, 6.45) is 5.45. The van der Waals surface area contributed by atoms with Crippen LogP contribution in [0.15, 0.2) is 54.7 Å². The Hall–Kier alpha value is -3.98. The van der Waals surface area contributed by atoms with E-state index in [0.717, 1.165) is 25.7 Å². The first-order chi connectivity index (χ1) is 18.9. The van der Waals surface area contributed by atoms with E-state index in [9.17, 15) is 14.4 Å². The number of imidazole rings is 1. The monoisotopic (exact) mass is 535 g/mol. The van der Waals surface area contributed by atoms with Crippen molar-refractivity contribution in [3.8, 4) is 17.1 Å². The maximum Gasteiger partial charge on any atom is 0.344 e. The third kappa shape index (κ3) is 7.77. The first kappa shape index (κ1) is 29.6. The number of esters is 2. The number of para-hydroxylation sites is 1. The summed E-state index contributed by atoms with van der Waals surface area (Å²) in [5.41, 5.74) is 1.02. The van der Waals surface area contributed by atoms with Gasteiger partial charge in [-0.3, -0.25) is 4.79 Å². The maximum absolute atomic E-state index is 13.5. The third-order valence-electron chi connectivity index (χ3n) is 6.24. The van der Waals surface area contributed by atoms with Gasteiger partial charge < -0.3 is 23.7 Å². The van der Waals surface area contributed by atoms with Crippen molar-refractivity contribution in [3.63, 3.8) is 0 Å². The van der Waals surface area contributed by atoms with Gasteiger partial charge in [0.15, 0.2) is 0 Å². The van der Waals surface area contributed by atoms with E-state index in [-0.39, 0.29) is 22.7 Å². The van der Waals surface area contributed by atoms with E-state index in [2.05, 4.69) is 13.8 Å². The molecular formula is C30H37N3O6. The average molecular weight is 536 g/mol. The summed E-state index contributed by atoms with van der Waals surface area (Å²) >= 11 is 0. The molecule has 39 heavy (non-hydrogen) atoms. The van der Waals surface area contributed by atoms with Gasteiger partial charge in [-0.25, -0.2) is 14.6 Å². The largest absolute Gasteiger partial charge is 0.465 e. The number of ether oxygens (including phenoxy) is 3. The van der Waals surface area contributed by atoms with E-state index >= 15 is 0 Å². The van der Waals surface area contributed by atoms with Crippen molar-refractivity contribution in [2.45, 2.75) is 46.1 Å². The van der Waals surface area contributed by atoms with Crippen LogP contribution in [0.2, 0.25) is 0 Å². The first-order valence-corrected chi connectivity index (χ1v) is 13.3. The van der Waals surface area contributed by atoms with Crippen LogP contribution >= 0.6 is 0 Å². The molecule has 0 saturated heterocycles. The maximum atomic E-state index is 13.5. The molecule has 0 radical (unpaired) electrons. The lowest BCUT2D eigenvalue weighted by atomic mass is 10.0. The normalized spacial score (nSPS) is 10.8. The van der Waals surface area contributed by atoms with Crippen LogP contribution in [0.25, 0.3) is 11.4 Å². The second-order valence-corrected chi connectivity index (χ2v) is 9.09. The molecule has 2 aromatic carbocycles. The molecule has 0 bridgehead atoms. The van der Waals surface area contributed by atoms with Gasteiger partial charge in [-0.05, 0) is 43.2 Å². The summed E-state index contributed by atoms with van der Waals surface area (Å²) in [6, 6.07) is 13.3. The Labute approximate surface area is 229 Å². The Morgan fingerprint density at radius 3 is 2.23 bits per heavy atom. The molecule has 0 fully saturated rings. The zero-order valence-electron chi connectivity index (χ0n) is 23.1. The van der Waals surface area contributed by atoms with Crippen LogP contribution < -0.4 is 4.74 Å². The van der Waals surface area contributed by atoms with E-state index in [1.54, 1.807) is 54.3 Å². The zero-order chi connectivity index (χ0) is 28.2. The molecule has 0 atom stereocenters. The van der Waals surface area contributed by atoms with Gasteiger partial charge in [0.2, 0.25) is 0 Å². The van der Waals surface area contributed by atoms with Crippen LogP contribution in [-0.2, 0) is 16.0 Å². The van der Waals surface area contributed by atoms with Gasteiger partial charge in [0, 0.05) is 38.5 Å². The second kappa shape index (κ2) is 14.8. The molecule has 0 spiro atoms. The molecular weight excluding hydrogens is 498 g/mol. The number of unbranched alkanes of at least 4 members (excludes halogenated alkanes) is 2. The lowest BCUT2D eigenvalue weighted by molar-refractivity contribution is 0.0600. The van der Waals surface area contributed by atoms with Crippen molar-refractivity contribution in [3.05, 3.63) is 71.5 Å². The molecule has 0 aliphatic carbocycles. The number of aromatic nitrogens is 2. The molecule has 0 aliphatic heterocycles. The predicted molar refractivity (Wildman–Crippen MR) is 148 cm³/mol. The molecule has 3 aromatic rings. The van der Waals surface area contributed by atoms with Crippen LogP contribution in [0.5, 0.6) is 5.75 Å². The van der Waals surface area contributed by atoms with Gasteiger partial charge >= 0.3 is 11.9 Å². The van der Waals surface area contributed by atoms with Crippen LogP contribution in [-0.4, -0.2) is 66.2 Å². The second-order valence-electron chi connectivity index (χ2n) is 9.09. The van der Waals surface area contributed by atoms with Crippen molar-refractivity contribution in [2.75, 3.05) is 33.9 Å². The standard InChI is InChI=1S/C30H37N3O6/c1-5-7-16-32(17-8-6-2)28(34)26-21-33(18-19-37-3)27(31-26)24-15-14-22(29(35)38-4)20-25(24)30(36)39-23-12-10-9-11-13-23/h9-15,20-21H,5-8,16-19H2,1-4H3. The molecule has 208 valence electrons. The quantitative estimate of drug-likeness (QED) is 0.205. The van der Waals surface area contributed by atoms with Crippen molar-refractivity contribution >= 4 is 17.8 Å². The SMILES string of the molecule is CCCCN(CCCC)C(=O)c1cn(CCOC)c(-c2ccc(C(=O)OC)cc2C(=O)Oc2ccccc2)n1. The van der Waals surface area contributed by atoms with E-state index in [1.807, 2.05) is 11.0 Å². The Balaban J connectivity index is 2.09. The highest BCUT2D eigenvalue weighted by Gasteiger charge is 2.25. The van der Waals surface area contributed by atoms with Crippen molar-refractivity contribution in [1.29, 1.82) is 0 Å². The van der Waals surface area contributed by atoms with Crippen LogP contribution in [0.1, 0.15) is 70.7 Å². The number of carbonyl (C=O) groups is 3. The molecule has 0 saturated carbocycles. The van der Waals surface area contributed by atoms with Crippen molar-refractivity contribution in [2.24, 2.45) is 0 Å². The van der Waals surface area contributed by atoms with Gasteiger partial charge in [0.05, 0.1) is 24.8 Å². The van der Waals surface area contributed by atoms with E-state index < -0.39 is 11.9 Å². The Morgan fingerprint density at radius 1 is 0.923 bits per heavy atom. The van der Waals surface area contributed by atoms with E-state index in [0.29, 0.717) is 43.4 Å². The molecule has 1 heterocycles. The van der Waals surface area contributed by atoms with E-state index in [1.165, 1.54) is 13.2 Å². The number of methoxy groups -OCH3 is 2. The van der Waals surface area contributed by atoms with Gasteiger partial charge in [-0.2, -0.15) is 0 Å². The molecule has 0 N–H and O–H groups in total. The highest BCUT2D eigenvalue weighted by Crippen LogP contribution is 2.27. The Bertz CT molecular complexity index is 1250. The number of amides is 1. The van der Waals surface area contributed by atoms with Crippen molar-refractivity contribution < 1.29 is 28.6 Å². The summed E-state index contributed by atoms with van der Waals surface area (Å²) in [7, 11) is 2.87. The van der Waals surface area contributed by atoms with Crippen LogP contribution in [0.4, 0.5) is 0 Å².